The summed E-state index contributed by atoms with van der Waals surface area (Å²) in [5, 5.41) is 9.61. The summed E-state index contributed by atoms with van der Waals surface area (Å²) >= 11 is 0. The Morgan fingerprint density at radius 3 is 2.03 bits per heavy atom. The maximum atomic E-state index is 14.7. The molecule has 168 valence electrons. The Hall–Kier alpha value is -1.10. The Balaban J connectivity index is 1.94. The van der Waals surface area contributed by atoms with Crippen LogP contribution >= 0.6 is 0 Å². The SMILES string of the molecule is CC1C2CC(C(=O)OC3C(F)(F)C(C)(C)OC(O)(C(F)(F)F)C3(F)F)C(C2)C1C. The standard InChI is InChI=1S/C18H23F7O4/c1-7-8(2)10-5-9(7)6-11(10)12(26)28-13-15(19,20)14(3,4)29-17(27,16(13,21)22)18(23,24)25/h7-11,13,27H,5-6H2,1-4H3. The zero-order valence-corrected chi connectivity index (χ0v) is 16.2. The minimum atomic E-state index is -6.12. The number of hydrogen-bond donors (Lipinski definition) is 1. The second-order valence-electron chi connectivity index (χ2n) is 9.04. The van der Waals surface area contributed by atoms with Crippen LogP contribution in [0.4, 0.5) is 30.7 Å². The molecule has 3 fully saturated rings. The summed E-state index contributed by atoms with van der Waals surface area (Å²) in [6, 6.07) is 0. The molecule has 0 aromatic rings. The first kappa shape index (κ1) is 22.6. The highest BCUT2D eigenvalue weighted by atomic mass is 19.4. The van der Waals surface area contributed by atoms with Crippen molar-refractivity contribution < 1.29 is 50.1 Å². The van der Waals surface area contributed by atoms with Crippen LogP contribution in [0.25, 0.3) is 0 Å². The lowest BCUT2D eigenvalue weighted by atomic mass is 9.75. The quantitative estimate of drug-likeness (QED) is 0.522. The molecule has 2 aliphatic carbocycles. The first-order valence-corrected chi connectivity index (χ1v) is 9.34. The fraction of sp³-hybridized carbons (Fsp3) is 0.944. The van der Waals surface area contributed by atoms with E-state index in [9.17, 15) is 40.6 Å². The highest BCUT2D eigenvalue weighted by Gasteiger charge is 2.85. The smallest absolute Gasteiger partial charge is 0.449 e. The summed E-state index contributed by atoms with van der Waals surface area (Å²) in [4.78, 5) is 12.5. The van der Waals surface area contributed by atoms with Gasteiger partial charge in [-0.05, 0) is 50.4 Å². The summed E-state index contributed by atoms with van der Waals surface area (Å²) in [6.45, 7) is 4.64. The molecule has 3 aliphatic rings. The van der Waals surface area contributed by atoms with Crippen molar-refractivity contribution in [2.45, 2.75) is 76.1 Å². The number of alkyl halides is 7. The highest BCUT2D eigenvalue weighted by molar-refractivity contribution is 5.74. The fourth-order valence-corrected chi connectivity index (χ4v) is 5.04. The summed E-state index contributed by atoms with van der Waals surface area (Å²) in [7, 11) is 0. The van der Waals surface area contributed by atoms with E-state index in [1.807, 2.05) is 13.8 Å². The van der Waals surface area contributed by atoms with Crippen molar-refractivity contribution >= 4 is 5.97 Å². The van der Waals surface area contributed by atoms with Crippen LogP contribution in [0.15, 0.2) is 0 Å². The summed E-state index contributed by atoms with van der Waals surface area (Å²) in [6.07, 6.45) is -9.13. The minimum absolute atomic E-state index is 0.0190. The Morgan fingerprint density at radius 1 is 1.03 bits per heavy atom. The number of carbonyl (C=O) groups is 1. The molecule has 1 aliphatic heterocycles. The molecule has 29 heavy (non-hydrogen) atoms. The molecule has 3 rings (SSSR count). The molecule has 2 saturated carbocycles. The van der Waals surface area contributed by atoms with Gasteiger partial charge in [0.2, 0.25) is 6.10 Å². The van der Waals surface area contributed by atoms with Crippen LogP contribution in [0.5, 0.6) is 0 Å². The van der Waals surface area contributed by atoms with Gasteiger partial charge in [-0.15, -0.1) is 0 Å². The second kappa shape index (κ2) is 6.21. The first-order valence-electron chi connectivity index (χ1n) is 9.34. The molecule has 1 N–H and O–H groups in total. The molecule has 7 unspecified atom stereocenters. The summed E-state index contributed by atoms with van der Waals surface area (Å²) < 4.78 is 106. The third-order valence-electron chi connectivity index (χ3n) is 7.13. The predicted molar refractivity (Wildman–Crippen MR) is 84.0 cm³/mol. The second-order valence-corrected chi connectivity index (χ2v) is 9.04. The van der Waals surface area contributed by atoms with Gasteiger partial charge in [-0.25, -0.2) is 0 Å². The zero-order valence-electron chi connectivity index (χ0n) is 16.2. The van der Waals surface area contributed by atoms with Crippen molar-refractivity contribution in [3.8, 4) is 0 Å². The molecule has 1 heterocycles. The zero-order chi connectivity index (χ0) is 22.4. The number of fused-ring (bicyclic) bond motifs is 2. The van der Waals surface area contributed by atoms with Gasteiger partial charge in [0.05, 0.1) is 5.92 Å². The monoisotopic (exact) mass is 436 g/mol. The molecule has 2 bridgehead atoms. The van der Waals surface area contributed by atoms with Gasteiger partial charge < -0.3 is 14.6 Å². The van der Waals surface area contributed by atoms with E-state index < -0.39 is 47.4 Å². The Bertz CT molecular complexity index is 690. The maximum absolute atomic E-state index is 14.7. The largest absolute Gasteiger partial charge is 0.449 e. The minimum Gasteiger partial charge on any atom is -0.449 e. The number of halogens is 7. The van der Waals surface area contributed by atoms with E-state index in [4.69, 9.17) is 0 Å². The summed E-state index contributed by atoms with van der Waals surface area (Å²) in [5.74, 6) is -17.9. The Morgan fingerprint density at radius 2 is 1.59 bits per heavy atom. The molecule has 11 heteroatoms. The molecule has 0 radical (unpaired) electrons. The van der Waals surface area contributed by atoms with Gasteiger partial charge in [0, 0.05) is 0 Å². The van der Waals surface area contributed by atoms with Crippen LogP contribution in [0, 0.1) is 29.6 Å². The van der Waals surface area contributed by atoms with Crippen molar-refractivity contribution in [1.29, 1.82) is 0 Å². The lowest BCUT2D eigenvalue weighted by Crippen LogP contribution is -2.79. The fourth-order valence-electron chi connectivity index (χ4n) is 5.04. The normalized spacial score (nSPS) is 45.2. The molecule has 0 aromatic carbocycles. The van der Waals surface area contributed by atoms with Crippen LogP contribution in [0.1, 0.15) is 40.5 Å². The maximum Gasteiger partial charge on any atom is 0.449 e. The number of aliphatic hydroxyl groups is 1. The third kappa shape index (κ3) is 2.90. The number of esters is 1. The van der Waals surface area contributed by atoms with E-state index in [0.29, 0.717) is 20.3 Å². The number of carbonyl (C=O) groups excluding carboxylic acids is 1. The van der Waals surface area contributed by atoms with Crippen molar-refractivity contribution in [3.63, 3.8) is 0 Å². The van der Waals surface area contributed by atoms with Crippen molar-refractivity contribution in [1.82, 2.24) is 0 Å². The van der Waals surface area contributed by atoms with E-state index in [2.05, 4.69) is 9.47 Å². The number of hydrogen-bond acceptors (Lipinski definition) is 4. The van der Waals surface area contributed by atoms with E-state index in [-0.39, 0.29) is 30.1 Å². The molecule has 4 nitrogen and oxygen atoms in total. The van der Waals surface area contributed by atoms with Crippen molar-refractivity contribution in [3.05, 3.63) is 0 Å². The van der Waals surface area contributed by atoms with E-state index in [0.717, 1.165) is 0 Å². The molecule has 0 aromatic heterocycles. The summed E-state index contributed by atoms with van der Waals surface area (Å²) in [5.41, 5.74) is -3.19. The van der Waals surface area contributed by atoms with Gasteiger partial charge in [-0.3, -0.25) is 4.79 Å². The van der Waals surface area contributed by atoms with Crippen molar-refractivity contribution in [2.75, 3.05) is 0 Å². The Labute approximate surface area is 162 Å². The van der Waals surface area contributed by atoms with Gasteiger partial charge in [0.1, 0.15) is 5.60 Å². The van der Waals surface area contributed by atoms with Gasteiger partial charge >= 0.3 is 29.8 Å². The van der Waals surface area contributed by atoms with Crippen LogP contribution in [0.3, 0.4) is 0 Å². The van der Waals surface area contributed by atoms with Gasteiger partial charge in [-0.2, -0.15) is 30.7 Å². The average molecular weight is 436 g/mol. The number of rotatable bonds is 2. The van der Waals surface area contributed by atoms with Crippen LogP contribution in [0.2, 0.25) is 0 Å². The predicted octanol–water partition coefficient (Wildman–Crippen LogP) is 4.16. The Kier molecular flexibility index (Phi) is 4.84. The van der Waals surface area contributed by atoms with E-state index in [1.54, 1.807) is 0 Å². The molecule has 7 atom stereocenters. The molecular weight excluding hydrogens is 413 g/mol. The molecular formula is C18H23F7O4. The van der Waals surface area contributed by atoms with Crippen LogP contribution in [-0.2, 0) is 14.3 Å². The van der Waals surface area contributed by atoms with E-state index in [1.165, 1.54) is 0 Å². The lowest BCUT2D eigenvalue weighted by Gasteiger charge is -2.53. The van der Waals surface area contributed by atoms with Gasteiger partial charge in [0.25, 0.3) is 0 Å². The molecule has 0 amide bonds. The van der Waals surface area contributed by atoms with Gasteiger partial charge in [-0.1, -0.05) is 13.8 Å². The first-order chi connectivity index (χ1) is 12.9. The van der Waals surface area contributed by atoms with Gasteiger partial charge in [0.15, 0.2) is 0 Å². The van der Waals surface area contributed by atoms with Crippen LogP contribution < -0.4 is 0 Å². The average Bonchev–Trinajstić information content (AvgIpc) is 3.09. The molecule has 1 saturated heterocycles. The van der Waals surface area contributed by atoms with Crippen molar-refractivity contribution in [2.24, 2.45) is 29.6 Å². The van der Waals surface area contributed by atoms with E-state index >= 15 is 0 Å². The number of ether oxygens (including phenoxy) is 2. The molecule has 0 spiro atoms. The highest BCUT2D eigenvalue weighted by Crippen LogP contribution is 2.59. The topological polar surface area (TPSA) is 55.8 Å². The third-order valence-corrected chi connectivity index (χ3v) is 7.13. The lowest BCUT2D eigenvalue weighted by molar-refractivity contribution is -0.510. The van der Waals surface area contributed by atoms with Crippen LogP contribution in [-0.4, -0.2) is 46.6 Å².